The Labute approximate surface area is 106 Å². The van der Waals surface area contributed by atoms with Gasteiger partial charge in [-0.25, -0.2) is 4.79 Å². The molecule has 0 aliphatic rings. The number of nitrogens with one attached hydrogen (secondary N) is 1. The fraction of sp³-hybridized carbons (Fsp3) is 0.286. The minimum atomic E-state index is -0.323. The van der Waals surface area contributed by atoms with Crippen LogP contribution in [0, 0.1) is 20.8 Å². The molecule has 0 bridgehead atoms. The van der Waals surface area contributed by atoms with E-state index in [0.717, 1.165) is 28.1 Å². The molecule has 18 heavy (non-hydrogen) atoms. The topological polar surface area (TPSA) is 55.0 Å². The van der Waals surface area contributed by atoms with Crippen molar-refractivity contribution in [2.24, 2.45) is 0 Å². The van der Waals surface area contributed by atoms with Gasteiger partial charge >= 0.3 is 5.69 Å². The summed E-state index contributed by atoms with van der Waals surface area (Å²) in [5, 5.41) is 0. The number of aryl methyl sites for hydroxylation is 3. The van der Waals surface area contributed by atoms with Crippen LogP contribution in [0.2, 0.25) is 0 Å². The molecule has 1 N–H and O–H groups in total. The number of hydrogen-bond donors (Lipinski definition) is 1. The molecule has 0 saturated heterocycles. The molecule has 1 heterocycles. The lowest BCUT2D eigenvalue weighted by atomic mass is 10.0. The van der Waals surface area contributed by atoms with Gasteiger partial charge in [-0.2, -0.15) is 4.98 Å². The van der Waals surface area contributed by atoms with Gasteiger partial charge in [-0.15, -0.1) is 0 Å². The lowest BCUT2D eigenvalue weighted by molar-refractivity contribution is 0.408. The Morgan fingerprint density at radius 2 is 1.72 bits per heavy atom. The number of aromatic nitrogens is 2. The van der Waals surface area contributed by atoms with Crippen molar-refractivity contribution in [2.75, 3.05) is 7.11 Å². The quantitative estimate of drug-likeness (QED) is 0.882. The summed E-state index contributed by atoms with van der Waals surface area (Å²) in [4.78, 5) is 18.0. The van der Waals surface area contributed by atoms with Crippen molar-refractivity contribution in [1.82, 2.24) is 9.97 Å². The third kappa shape index (κ3) is 2.27. The Kier molecular flexibility index (Phi) is 3.19. The lowest BCUT2D eigenvalue weighted by Gasteiger charge is -2.11. The summed E-state index contributed by atoms with van der Waals surface area (Å²) in [5.74, 6) is 0.875. The first-order chi connectivity index (χ1) is 8.51. The summed E-state index contributed by atoms with van der Waals surface area (Å²) in [7, 11) is 1.66. The molecule has 4 heteroatoms. The highest BCUT2D eigenvalue weighted by atomic mass is 16.5. The van der Waals surface area contributed by atoms with Crippen molar-refractivity contribution in [3.63, 3.8) is 0 Å². The van der Waals surface area contributed by atoms with Crippen molar-refractivity contribution in [2.45, 2.75) is 20.8 Å². The summed E-state index contributed by atoms with van der Waals surface area (Å²) in [6.45, 7) is 5.81. The SMILES string of the molecule is COc1c(C)cc(-c2cc(C)[nH]c(=O)n2)cc1C. The molecule has 1 aromatic heterocycles. The zero-order valence-corrected chi connectivity index (χ0v) is 11.0. The average molecular weight is 244 g/mol. The van der Waals surface area contributed by atoms with Crippen LogP contribution in [-0.2, 0) is 0 Å². The average Bonchev–Trinajstić information content (AvgIpc) is 2.27. The molecule has 0 fully saturated rings. The standard InChI is InChI=1S/C14H16N2O2/c1-8-5-11(6-9(2)13(8)18-4)12-7-10(3)15-14(17)16-12/h5-7H,1-4H3,(H,15,16,17). The summed E-state index contributed by atoms with van der Waals surface area (Å²) >= 11 is 0. The molecular weight excluding hydrogens is 228 g/mol. The number of hydrogen-bond acceptors (Lipinski definition) is 3. The van der Waals surface area contributed by atoms with Crippen molar-refractivity contribution in [3.8, 4) is 17.0 Å². The summed E-state index contributed by atoms with van der Waals surface area (Å²) in [6.07, 6.45) is 0. The number of rotatable bonds is 2. The minimum Gasteiger partial charge on any atom is -0.496 e. The highest BCUT2D eigenvalue weighted by molar-refractivity contribution is 5.64. The fourth-order valence-corrected chi connectivity index (χ4v) is 2.15. The van der Waals surface area contributed by atoms with E-state index in [2.05, 4.69) is 9.97 Å². The van der Waals surface area contributed by atoms with Gasteiger partial charge in [0.05, 0.1) is 12.8 Å². The fourth-order valence-electron chi connectivity index (χ4n) is 2.15. The summed E-state index contributed by atoms with van der Waals surface area (Å²) < 4.78 is 5.33. The summed E-state index contributed by atoms with van der Waals surface area (Å²) in [6, 6.07) is 5.82. The molecule has 0 saturated carbocycles. The molecule has 0 amide bonds. The van der Waals surface area contributed by atoms with E-state index in [0.29, 0.717) is 5.69 Å². The van der Waals surface area contributed by atoms with Crippen LogP contribution in [0.5, 0.6) is 5.75 Å². The molecule has 94 valence electrons. The number of methoxy groups -OCH3 is 1. The normalized spacial score (nSPS) is 10.4. The molecule has 0 atom stereocenters. The van der Waals surface area contributed by atoms with E-state index in [1.807, 2.05) is 39.0 Å². The molecule has 1 aromatic carbocycles. The third-order valence-corrected chi connectivity index (χ3v) is 2.84. The van der Waals surface area contributed by atoms with E-state index in [-0.39, 0.29) is 5.69 Å². The van der Waals surface area contributed by atoms with Crippen LogP contribution in [0.25, 0.3) is 11.3 Å². The van der Waals surface area contributed by atoms with Crippen molar-refractivity contribution in [1.29, 1.82) is 0 Å². The molecule has 0 spiro atoms. The predicted molar refractivity (Wildman–Crippen MR) is 71.1 cm³/mol. The van der Waals surface area contributed by atoms with Crippen LogP contribution in [-0.4, -0.2) is 17.1 Å². The number of aromatic amines is 1. The van der Waals surface area contributed by atoms with Gasteiger partial charge in [0.25, 0.3) is 0 Å². The van der Waals surface area contributed by atoms with Crippen molar-refractivity contribution in [3.05, 3.63) is 45.5 Å². The zero-order chi connectivity index (χ0) is 13.3. The maximum absolute atomic E-state index is 11.4. The maximum atomic E-state index is 11.4. The molecule has 0 unspecified atom stereocenters. The zero-order valence-electron chi connectivity index (χ0n) is 11.0. The Balaban J connectivity index is 2.61. The van der Waals surface area contributed by atoms with Crippen LogP contribution in [0.3, 0.4) is 0 Å². The van der Waals surface area contributed by atoms with E-state index in [4.69, 9.17) is 4.74 Å². The number of benzene rings is 1. The van der Waals surface area contributed by atoms with Crippen LogP contribution >= 0.6 is 0 Å². The molecule has 0 aliphatic carbocycles. The van der Waals surface area contributed by atoms with Gasteiger partial charge in [0.15, 0.2) is 0 Å². The molecule has 0 aliphatic heterocycles. The number of ether oxygens (including phenoxy) is 1. The van der Waals surface area contributed by atoms with Crippen molar-refractivity contribution >= 4 is 0 Å². The number of nitrogens with zero attached hydrogens (tertiary/aromatic N) is 1. The van der Waals surface area contributed by atoms with Crippen LogP contribution in [0.4, 0.5) is 0 Å². The monoisotopic (exact) mass is 244 g/mol. The van der Waals surface area contributed by atoms with Gasteiger partial charge in [-0.05, 0) is 50.1 Å². The van der Waals surface area contributed by atoms with Gasteiger partial charge in [-0.3, -0.25) is 0 Å². The van der Waals surface area contributed by atoms with Gasteiger partial charge in [0.1, 0.15) is 5.75 Å². The Morgan fingerprint density at radius 3 is 2.22 bits per heavy atom. The lowest BCUT2D eigenvalue weighted by Crippen LogP contribution is -2.12. The predicted octanol–water partition coefficient (Wildman–Crippen LogP) is 2.37. The molecule has 4 nitrogen and oxygen atoms in total. The van der Waals surface area contributed by atoms with Gasteiger partial charge in [0.2, 0.25) is 0 Å². The Bertz CT molecular complexity index is 621. The second-order valence-corrected chi connectivity index (χ2v) is 4.40. The molecular formula is C14H16N2O2. The van der Waals surface area contributed by atoms with Crippen LogP contribution in [0.1, 0.15) is 16.8 Å². The van der Waals surface area contributed by atoms with Crippen molar-refractivity contribution < 1.29 is 4.74 Å². The molecule has 2 rings (SSSR count). The first-order valence-electron chi connectivity index (χ1n) is 5.75. The first kappa shape index (κ1) is 12.4. The van der Waals surface area contributed by atoms with E-state index in [1.165, 1.54) is 0 Å². The highest BCUT2D eigenvalue weighted by Crippen LogP contribution is 2.28. The Morgan fingerprint density at radius 1 is 1.11 bits per heavy atom. The largest absolute Gasteiger partial charge is 0.496 e. The summed E-state index contributed by atoms with van der Waals surface area (Å²) in [5.41, 5.74) is 4.16. The number of H-pyrrole nitrogens is 1. The van der Waals surface area contributed by atoms with E-state index in [9.17, 15) is 4.79 Å². The maximum Gasteiger partial charge on any atom is 0.345 e. The third-order valence-electron chi connectivity index (χ3n) is 2.84. The highest BCUT2D eigenvalue weighted by Gasteiger charge is 2.08. The second-order valence-electron chi connectivity index (χ2n) is 4.40. The Hall–Kier alpha value is -2.10. The smallest absolute Gasteiger partial charge is 0.345 e. The first-order valence-corrected chi connectivity index (χ1v) is 5.75. The molecule has 0 radical (unpaired) electrons. The van der Waals surface area contributed by atoms with E-state index < -0.39 is 0 Å². The van der Waals surface area contributed by atoms with E-state index >= 15 is 0 Å². The van der Waals surface area contributed by atoms with Gasteiger partial charge in [-0.1, -0.05) is 0 Å². The van der Waals surface area contributed by atoms with Crippen LogP contribution in [0.15, 0.2) is 23.0 Å². The minimum absolute atomic E-state index is 0.323. The van der Waals surface area contributed by atoms with Gasteiger partial charge in [0, 0.05) is 11.3 Å². The van der Waals surface area contributed by atoms with Crippen LogP contribution < -0.4 is 10.4 Å². The van der Waals surface area contributed by atoms with E-state index in [1.54, 1.807) is 7.11 Å². The molecule has 2 aromatic rings. The second kappa shape index (κ2) is 4.64. The van der Waals surface area contributed by atoms with Gasteiger partial charge < -0.3 is 9.72 Å².